The van der Waals surface area contributed by atoms with Crippen LogP contribution in [0.3, 0.4) is 0 Å². The van der Waals surface area contributed by atoms with Crippen LogP contribution >= 0.6 is 0 Å². The number of phenolic OH excluding ortho intramolecular Hbond substituents is 1. The molecule has 5 nitrogen and oxygen atoms in total. The number of carbonyl (C=O) groups is 1. The monoisotopic (exact) mass is 265 g/mol. The van der Waals surface area contributed by atoms with Gasteiger partial charge in [-0.05, 0) is 24.1 Å². The average Bonchev–Trinajstić information content (AvgIpc) is 2.74. The minimum Gasteiger partial charge on any atom is -0.508 e. The highest BCUT2D eigenvalue weighted by Crippen LogP contribution is 2.19. The summed E-state index contributed by atoms with van der Waals surface area (Å²) in [4.78, 5) is 11.4. The molecular formula is C14H19NO4. The molecule has 0 aliphatic carbocycles. The summed E-state index contributed by atoms with van der Waals surface area (Å²) in [5, 5.41) is 22.2. The van der Waals surface area contributed by atoms with E-state index < -0.39 is 12.2 Å². The Kier molecular flexibility index (Phi) is 4.39. The van der Waals surface area contributed by atoms with Gasteiger partial charge in [-0.1, -0.05) is 19.1 Å². The highest BCUT2D eigenvalue weighted by atomic mass is 16.6. The molecule has 0 aromatic heterocycles. The van der Waals surface area contributed by atoms with Gasteiger partial charge in [-0.3, -0.25) is 4.79 Å². The van der Waals surface area contributed by atoms with Gasteiger partial charge in [0.05, 0.1) is 6.04 Å². The molecular weight excluding hydrogens is 246 g/mol. The van der Waals surface area contributed by atoms with Gasteiger partial charge in [-0.25, -0.2) is 0 Å². The van der Waals surface area contributed by atoms with E-state index in [4.69, 9.17) is 4.74 Å². The van der Waals surface area contributed by atoms with Crippen LogP contribution in [-0.2, 0) is 16.0 Å². The quantitative estimate of drug-likeness (QED) is 0.694. The van der Waals surface area contributed by atoms with Crippen LogP contribution < -0.4 is 5.32 Å². The van der Waals surface area contributed by atoms with Gasteiger partial charge in [0.25, 0.3) is 0 Å². The van der Waals surface area contributed by atoms with Crippen molar-refractivity contribution in [3.05, 3.63) is 29.8 Å². The van der Waals surface area contributed by atoms with Crippen LogP contribution in [0.1, 0.15) is 18.9 Å². The van der Waals surface area contributed by atoms with Crippen molar-refractivity contribution in [2.45, 2.75) is 38.0 Å². The third-order valence-corrected chi connectivity index (χ3v) is 3.31. The average molecular weight is 265 g/mol. The fourth-order valence-electron chi connectivity index (χ4n) is 2.24. The van der Waals surface area contributed by atoms with E-state index in [-0.39, 0.29) is 17.8 Å². The lowest BCUT2D eigenvalue weighted by Gasteiger charge is -2.21. The molecule has 0 spiro atoms. The molecule has 0 radical (unpaired) electrons. The normalized spacial score (nSPS) is 26.3. The number of aromatic hydroxyl groups is 1. The van der Waals surface area contributed by atoms with Gasteiger partial charge in [0.2, 0.25) is 0 Å². The molecule has 1 aromatic rings. The molecule has 1 aromatic carbocycles. The van der Waals surface area contributed by atoms with Crippen molar-refractivity contribution >= 4 is 5.97 Å². The third-order valence-electron chi connectivity index (χ3n) is 3.31. The van der Waals surface area contributed by atoms with E-state index in [1.54, 1.807) is 19.1 Å². The molecule has 0 amide bonds. The van der Waals surface area contributed by atoms with Crippen molar-refractivity contribution in [1.82, 2.24) is 5.32 Å². The lowest BCUT2D eigenvalue weighted by Crippen LogP contribution is -2.38. The second kappa shape index (κ2) is 6.04. The minimum atomic E-state index is -0.669. The van der Waals surface area contributed by atoms with E-state index in [2.05, 4.69) is 5.32 Å². The topological polar surface area (TPSA) is 78.8 Å². The van der Waals surface area contributed by atoms with E-state index in [1.807, 2.05) is 12.1 Å². The molecule has 0 unspecified atom stereocenters. The number of aliphatic hydroxyl groups excluding tert-OH is 1. The van der Waals surface area contributed by atoms with E-state index >= 15 is 0 Å². The summed E-state index contributed by atoms with van der Waals surface area (Å²) >= 11 is 0. The van der Waals surface area contributed by atoms with Crippen LogP contribution in [0, 0.1) is 0 Å². The zero-order chi connectivity index (χ0) is 13.8. The maximum atomic E-state index is 11.4. The number of nitrogens with one attached hydrogen (secondary N) is 1. The summed E-state index contributed by atoms with van der Waals surface area (Å²) in [5.74, 6) is -0.0828. The Morgan fingerprint density at radius 2 is 2.11 bits per heavy atom. The van der Waals surface area contributed by atoms with Crippen LogP contribution in [0.25, 0.3) is 0 Å². The number of ether oxygens (including phenoxy) is 1. The van der Waals surface area contributed by atoms with Crippen LogP contribution in [0.5, 0.6) is 5.75 Å². The molecule has 1 fully saturated rings. The van der Waals surface area contributed by atoms with Crippen LogP contribution in [-0.4, -0.2) is 41.0 Å². The maximum Gasteiger partial charge on any atom is 0.305 e. The zero-order valence-corrected chi connectivity index (χ0v) is 10.9. The first-order chi connectivity index (χ1) is 9.10. The van der Waals surface area contributed by atoms with Gasteiger partial charge in [0.1, 0.15) is 18.0 Å². The lowest BCUT2D eigenvalue weighted by atomic mass is 10.0. The first-order valence-corrected chi connectivity index (χ1v) is 6.49. The van der Waals surface area contributed by atoms with Gasteiger partial charge < -0.3 is 20.3 Å². The number of esters is 1. The number of benzene rings is 1. The molecule has 0 bridgehead atoms. The fourth-order valence-corrected chi connectivity index (χ4v) is 2.24. The van der Waals surface area contributed by atoms with Crippen molar-refractivity contribution in [1.29, 1.82) is 0 Å². The molecule has 0 saturated carbocycles. The first kappa shape index (κ1) is 13.8. The Morgan fingerprint density at radius 1 is 1.42 bits per heavy atom. The molecule has 5 heteroatoms. The highest BCUT2D eigenvalue weighted by molar-refractivity contribution is 5.69. The van der Waals surface area contributed by atoms with Gasteiger partial charge >= 0.3 is 5.97 Å². The number of carbonyl (C=O) groups excluding carboxylic acids is 1. The number of hydrogen-bond acceptors (Lipinski definition) is 5. The molecule has 2 rings (SSSR count). The molecule has 19 heavy (non-hydrogen) atoms. The molecule has 3 N–H and O–H groups in total. The molecule has 1 aliphatic heterocycles. The Labute approximate surface area is 112 Å². The summed E-state index contributed by atoms with van der Waals surface area (Å²) in [6, 6.07) is 6.78. The number of phenols is 1. The van der Waals surface area contributed by atoms with Crippen LogP contribution in [0.4, 0.5) is 0 Å². The predicted octanol–water partition coefficient (Wildman–Crippen LogP) is 0.589. The molecule has 1 saturated heterocycles. The summed E-state index contributed by atoms with van der Waals surface area (Å²) in [5.41, 5.74) is 1.02. The predicted molar refractivity (Wildman–Crippen MR) is 69.8 cm³/mol. The highest BCUT2D eigenvalue weighted by Gasteiger charge is 2.37. The van der Waals surface area contributed by atoms with Crippen molar-refractivity contribution in [3.8, 4) is 5.75 Å². The molecule has 1 aliphatic rings. The number of β-amino-alcohol motifs (C(OH)–C–C–N with tert-alkyl or cyclic N) is 1. The smallest absolute Gasteiger partial charge is 0.305 e. The number of aliphatic hydroxyl groups is 1. The standard InChI is InChI=1S/C14H19NO4/c1-2-13(18)19-14-11(15-8-12(14)17)7-9-3-5-10(16)6-4-9/h3-6,11-12,14-17H,2,7-8H2,1H3/t11-,12-,14-/m0/s1. The minimum absolute atomic E-state index is 0.102. The molecule has 1 heterocycles. The summed E-state index contributed by atoms with van der Waals surface area (Å²) in [7, 11) is 0. The van der Waals surface area contributed by atoms with Crippen LogP contribution in [0.2, 0.25) is 0 Å². The number of rotatable bonds is 4. The Morgan fingerprint density at radius 3 is 2.74 bits per heavy atom. The Balaban J connectivity index is 2.01. The molecule has 104 valence electrons. The largest absolute Gasteiger partial charge is 0.508 e. The Bertz CT molecular complexity index is 432. The summed E-state index contributed by atoms with van der Waals surface area (Å²) < 4.78 is 5.28. The van der Waals surface area contributed by atoms with Crippen molar-refractivity contribution in [2.24, 2.45) is 0 Å². The second-order valence-electron chi connectivity index (χ2n) is 4.76. The summed E-state index contributed by atoms with van der Waals surface area (Å²) in [6.45, 7) is 2.15. The van der Waals surface area contributed by atoms with Gasteiger partial charge in [-0.2, -0.15) is 0 Å². The SMILES string of the molecule is CCC(=O)O[C@H]1[C@H](Cc2ccc(O)cc2)NC[C@@H]1O. The van der Waals surface area contributed by atoms with E-state index in [0.29, 0.717) is 19.4 Å². The van der Waals surface area contributed by atoms with Gasteiger partial charge in [0, 0.05) is 13.0 Å². The van der Waals surface area contributed by atoms with E-state index in [0.717, 1.165) is 5.56 Å². The van der Waals surface area contributed by atoms with Crippen molar-refractivity contribution in [2.75, 3.05) is 6.54 Å². The van der Waals surface area contributed by atoms with E-state index in [9.17, 15) is 15.0 Å². The zero-order valence-electron chi connectivity index (χ0n) is 10.9. The van der Waals surface area contributed by atoms with E-state index in [1.165, 1.54) is 0 Å². The first-order valence-electron chi connectivity index (χ1n) is 6.49. The lowest BCUT2D eigenvalue weighted by molar-refractivity contribution is -0.153. The van der Waals surface area contributed by atoms with Crippen molar-refractivity contribution < 1.29 is 19.7 Å². The maximum absolute atomic E-state index is 11.4. The number of hydrogen-bond donors (Lipinski definition) is 3. The third kappa shape index (κ3) is 3.45. The van der Waals surface area contributed by atoms with Crippen LogP contribution in [0.15, 0.2) is 24.3 Å². The van der Waals surface area contributed by atoms with Crippen molar-refractivity contribution in [3.63, 3.8) is 0 Å². The summed E-state index contributed by atoms with van der Waals surface area (Å²) in [6.07, 6.45) is -0.243. The second-order valence-corrected chi connectivity index (χ2v) is 4.76. The molecule has 3 atom stereocenters. The van der Waals surface area contributed by atoms with Gasteiger partial charge in [-0.15, -0.1) is 0 Å². The Hall–Kier alpha value is -1.59. The fraction of sp³-hybridized carbons (Fsp3) is 0.500. The van der Waals surface area contributed by atoms with Gasteiger partial charge in [0.15, 0.2) is 0 Å².